The maximum absolute atomic E-state index is 15.2. The van der Waals surface area contributed by atoms with Crippen LogP contribution < -0.4 is 5.32 Å². The Bertz CT molecular complexity index is 776. The van der Waals surface area contributed by atoms with Crippen LogP contribution in [0.25, 0.3) is 0 Å². The molecule has 11 heteroatoms. The first-order chi connectivity index (χ1) is 13.7. The molecular weight excluding hydrogens is 459 g/mol. The average molecular weight is 486 g/mol. The molecule has 0 aliphatic carbocycles. The Balaban J connectivity index is 3.24. The van der Waals surface area contributed by atoms with Crippen LogP contribution in [0.5, 0.6) is 0 Å². The van der Waals surface area contributed by atoms with E-state index >= 15 is 8.78 Å². The highest BCUT2D eigenvalue weighted by Gasteiger charge is 2.51. The van der Waals surface area contributed by atoms with Crippen LogP contribution in [0.1, 0.15) is 51.4 Å². The van der Waals surface area contributed by atoms with Gasteiger partial charge in [0.25, 0.3) is 6.49 Å². The van der Waals surface area contributed by atoms with Gasteiger partial charge in [-0.1, -0.05) is 11.6 Å². The van der Waals surface area contributed by atoms with Gasteiger partial charge in [-0.15, -0.1) is 0 Å². The van der Waals surface area contributed by atoms with Gasteiger partial charge in [0.05, 0.1) is 13.2 Å². The minimum absolute atomic E-state index is 0.0812. The van der Waals surface area contributed by atoms with Gasteiger partial charge in [0.1, 0.15) is 11.6 Å². The van der Waals surface area contributed by atoms with E-state index < -0.39 is 42.1 Å². The van der Waals surface area contributed by atoms with Gasteiger partial charge in [0.15, 0.2) is 5.78 Å². The second-order valence-electron chi connectivity index (χ2n) is 7.27. The normalized spacial score (nSPS) is 13.6. The molecule has 0 unspecified atom stereocenters. The van der Waals surface area contributed by atoms with E-state index in [0.717, 1.165) is 0 Å². The Hall–Kier alpha value is -1.12. The molecule has 0 saturated heterocycles. The number of nitrogens with one attached hydrogen (secondary N) is 1. The van der Waals surface area contributed by atoms with E-state index in [4.69, 9.17) is 37.2 Å². The Morgan fingerprint density at radius 3 is 2.07 bits per heavy atom. The predicted octanol–water partition coefficient (Wildman–Crippen LogP) is 5.78. The molecule has 0 aromatic heterocycles. The van der Waals surface area contributed by atoms with Crippen molar-refractivity contribution in [2.75, 3.05) is 13.2 Å². The fourth-order valence-corrected chi connectivity index (χ4v) is 4.92. The van der Waals surface area contributed by atoms with Gasteiger partial charge in [0, 0.05) is 17.0 Å². The Morgan fingerprint density at radius 1 is 1.13 bits per heavy atom. The number of benzene rings is 1. The van der Waals surface area contributed by atoms with Gasteiger partial charge in [-0.05, 0) is 70.7 Å². The maximum atomic E-state index is 15.2. The first kappa shape index (κ1) is 26.9. The Morgan fingerprint density at radius 2 is 1.63 bits per heavy atom. The molecule has 1 amide bonds. The standard InChI is InChI=1S/C19H27ClF2NO5PS/c1-6-26-29(30,27-7-2)19(21,22)12-15(23-17(25)28-18(3,4)5)16(24)13-8-10-14(20)11-9-13/h8-11,15H,6-7,12H2,1-5H3,(H,23,25)/t15-/m1/s1. The number of alkyl carbamates (subject to hydrolysis) is 1. The molecule has 0 aliphatic rings. The molecule has 0 fully saturated rings. The van der Waals surface area contributed by atoms with Crippen LogP contribution in [0.2, 0.25) is 5.02 Å². The smallest absolute Gasteiger partial charge is 0.408 e. The van der Waals surface area contributed by atoms with Gasteiger partial charge in [-0.2, -0.15) is 8.78 Å². The van der Waals surface area contributed by atoms with Crippen LogP contribution in [0.15, 0.2) is 24.3 Å². The zero-order chi connectivity index (χ0) is 23.2. The fourth-order valence-electron chi connectivity index (χ4n) is 2.40. The summed E-state index contributed by atoms with van der Waals surface area (Å²) in [5.74, 6) is -0.744. The van der Waals surface area contributed by atoms with Gasteiger partial charge >= 0.3 is 11.8 Å². The summed E-state index contributed by atoms with van der Waals surface area (Å²) in [6, 6.07) is 4.03. The SMILES string of the molecule is CCOP(=S)(OCC)C(F)(F)C[C@@H](NC(=O)OC(C)(C)C)C(=O)c1ccc(Cl)cc1. The van der Waals surface area contributed by atoms with E-state index in [9.17, 15) is 9.59 Å². The average Bonchev–Trinajstić information content (AvgIpc) is 2.59. The summed E-state index contributed by atoms with van der Waals surface area (Å²) in [6.07, 6.45) is -2.11. The Labute approximate surface area is 185 Å². The number of hydrogen-bond donors (Lipinski definition) is 1. The molecule has 0 saturated carbocycles. The molecule has 1 rings (SSSR count). The van der Waals surface area contributed by atoms with Crippen molar-refractivity contribution in [1.29, 1.82) is 0 Å². The highest BCUT2D eigenvalue weighted by atomic mass is 35.5. The van der Waals surface area contributed by atoms with Crippen molar-refractivity contribution in [3.05, 3.63) is 34.9 Å². The number of carbonyl (C=O) groups excluding carboxylic acids is 2. The van der Waals surface area contributed by atoms with E-state index in [-0.39, 0.29) is 18.8 Å². The van der Waals surface area contributed by atoms with Crippen molar-refractivity contribution in [2.24, 2.45) is 0 Å². The lowest BCUT2D eigenvalue weighted by molar-refractivity contribution is 0.0290. The van der Waals surface area contributed by atoms with Crippen LogP contribution in [-0.2, 0) is 25.6 Å². The number of amides is 1. The van der Waals surface area contributed by atoms with Crippen molar-refractivity contribution in [3.63, 3.8) is 0 Å². The fraction of sp³-hybridized carbons (Fsp3) is 0.579. The molecule has 1 atom stereocenters. The number of ether oxygens (including phenoxy) is 1. The lowest BCUT2D eigenvalue weighted by Crippen LogP contribution is -2.46. The molecule has 0 spiro atoms. The van der Waals surface area contributed by atoms with Crippen LogP contribution >= 0.6 is 18.1 Å². The lowest BCUT2D eigenvalue weighted by atomic mass is 10.0. The number of Topliss-reactive ketones (excluding diaryl/α,β-unsaturated/α-hetero) is 1. The summed E-state index contributed by atoms with van der Waals surface area (Å²) < 4.78 is 45.6. The van der Waals surface area contributed by atoms with E-state index in [1.807, 2.05) is 0 Å². The minimum atomic E-state index is -4.07. The molecule has 0 heterocycles. The number of hydrogen-bond acceptors (Lipinski definition) is 6. The second kappa shape index (κ2) is 11.0. The molecule has 1 aromatic rings. The highest BCUT2D eigenvalue weighted by molar-refractivity contribution is 8.10. The number of rotatable bonds is 10. The van der Waals surface area contributed by atoms with E-state index in [0.29, 0.717) is 5.02 Å². The topological polar surface area (TPSA) is 73.9 Å². The summed E-state index contributed by atoms with van der Waals surface area (Å²) in [4.78, 5) is 25.1. The highest BCUT2D eigenvalue weighted by Crippen LogP contribution is 2.63. The molecule has 30 heavy (non-hydrogen) atoms. The molecule has 0 aliphatic heterocycles. The van der Waals surface area contributed by atoms with Crippen molar-refractivity contribution in [2.45, 2.75) is 58.3 Å². The zero-order valence-corrected chi connectivity index (χ0v) is 20.0. The summed E-state index contributed by atoms with van der Waals surface area (Å²) in [5, 5.41) is 2.61. The summed E-state index contributed by atoms with van der Waals surface area (Å²) in [7, 11) is 0. The molecular formula is C19H27ClF2NO5PS. The van der Waals surface area contributed by atoms with Crippen LogP contribution in [0.4, 0.5) is 13.6 Å². The van der Waals surface area contributed by atoms with Crippen molar-refractivity contribution >= 4 is 41.8 Å². The molecule has 0 bridgehead atoms. The van der Waals surface area contributed by atoms with Crippen LogP contribution in [0.3, 0.4) is 0 Å². The maximum Gasteiger partial charge on any atom is 0.408 e. The summed E-state index contributed by atoms with van der Waals surface area (Å²) in [6.45, 7) is 3.65. The Kier molecular flexibility index (Phi) is 9.83. The number of carbonyl (C=O) groups is 2. The van der Waals surface area contributed by atoms with Crippen molar-refractivity contribution in [1.82, 2.24) is 5.32 Å². The quantitative estimate of drug-likeness (QED) is 0.334. The third-order valence-corrected chi connectivity index (χ3v) is 7.45. The molecule has 6 nitrogen and oxygen atoms in total. The first-order valence-corrected chi connectivity index (χ1v) is 12.3. The zero-order valence-electron chi connectivity index (χ0n) is 17.5. The largest absolute Gasteiger partial charge is 0.444 e. The first-order valence-electron chi connectivity index (χ1n) is 9.31. The lowest BCUT2D eigenvalue weighted by Gasteiger charge is -2.32. The molecule has 1 aromatic carbocycles. The van der Waals surface area contributed by atoms with Crippen molar-refractivity contribution in [3.8, 4) is 0 Å². The number of halogens is 3. The second-order valence-corrected chi connectivity index (χ2v) is 11.3. The minimum Gasteiger partial charge on any atom is -0.444 e. The number of alkyl halides is 2. The van der Waals surface area contributed by atoms with E-state index in [1.54, 1.807) is 20.8 Å². The van der Waals surface area contributed by atoms with Crippen LogP contribution in [-0.4, -0.2) is 42.4 Å². The third-order valence-electron chi connectivity index (χ3n) is 3.58. The molecule has 0 radical (unpaired) electrons. The summed E-state index contributed by atoms with van der Waals surface area (Å²) >= 11 is 10.8. The van der Waals surface area contributed by atoms with Gasteiger partial charge in [0.2, 0.25) is 0 Å². The predicted molar refractivity (Wildman–Crippen MR) is 116 cm³/mol. The van der Waals surface area contributed by atoms with Gasteiger partial charge in [-0.3, -0.25) is 4.79 Å². The van der Waals surface area contributed by atoms with Crippen LogP contribution in [0, 0.1) is 0 Å². The summed E-state index contributed by atoms with van der Waals surface area (Å²) in [5.41, 5.74) is -4.47. The van der Waals surface area contributed by atoms with Gasteiger partial charge < -0.3 is 19.1 Å². The monoisotopic (exact) mass is 485 g/mol. The molecule has 170 valence electrons. The third kappa shape index (κ3) is 7.85. The van der Waals surface area contributed by atoms with E-state index in [1.165, 1.54) is 38.1 Å². The van der Waals surface area contributed by atoms with Crippen molar-refractivity contribution < 1.29 is 32.2 Å². The van der Waals surface area contributed by atoms with Gasteiger partial charge in [-0.25, -0.2) is 4.79 Å². The van der Waals surface area contributed by atoms with E-state index in [2.05, 4.69) is 5.32 Å². The number of ketones is 1. The molecule has 1 N–H and O–H groups in total.